The van der Waals surface area contributed by atoms with E-state index >= 15 is 0 Å². The number of hydrogen-bond acceptors (Lipinski definition) is 1. The van der Waals surface area contributed by atoms with Crippen molar-refractivity contribution in [1.29, 1.82) is 0 Å². The number of allylic oxidation sites excluding steroid dienone is 1. The fourth-order valence-corrected chi connectivity index (χ4v) is 2.41. The second-order valence-electron chi connectivity index (χ2n) is 4.37. The minimum absolute atomic E-state index is 0.0316. The van der Waals surface area contributed by atoms with E-state index in [0.29, 0.717) is 0 Å². The van der Waals surface area contributed by atoms with E-state index in [2.05, 4.69) is 33.4 Å². The van der Waals surface area contributed by atoms with Gasteiger partial charge in [-0.25, -0.2) is 0 Å². The summed E-state index contributed by atoms with van der Waals surface area (Å²) in [5.41, 5.74) is 1.75. The Morgan fingerprint density at radius 3 is 2.94 bits per heavy atom. The van der Waals surface area contributed by atoms with Gasteiger partial charge in [0.2, 0.25) is 0 Å². The third-order valence-electron chi connectivity index (χ3n) is 3.12. The van der Waals surface area contributed by atoms with Crippen LogP contribution in [0.4, 0.5) is 0 Å². The lowest BCUT2D eigenvalue weighted by Crippen LogP contribution is -2.35. The van der Waals surface area contributed by atoms with E-state index in [1.165, 1.54) is 0 Å². The SMILES string of the molecule is Cc1c(Br)cccc1C(=O)NC1CC=CCC1. The smallest absolute Gasteiger partial charge is 0.251 e. The molecular weight excluding hydrogens is 278 g/mol. The molecule has 0 aliphatic heterocycles. The molecule has 1 aliphatic carbocycles. The first-order valence-corrected chi connectivity index (χ1v) is 6.69. The van der Waals surface area contributed by atoms with Crippen molar-refractivity contribution < 1.29 is 4.79 Å². The van der Waals surface area contributed by atoms with E-state index in [1.54, 1.807) is 0 Å². The fourth-order valence-electron chi connectivity index (χ4n) is 2.04. The zero-order valence-corrected chi connectivity index (χ0v) is 11.5. The maximum atomic E-state index is 12.1. The molecule has 90 valence electrons. The lowest BCUT2D eigenvalue weighted by Gasteiger charge is -2.20. The van der Waals surface area contributed by atoms with Gasteiger partial charge in [0.15, 0.2) is 0 Å². The van der Waals surface area contributed by atoms with Gasteiger partial charge in [-0.1, -0.05) is 34.1 Å². The Morgan fingerprint density at radius 1 is 1.41 bits per heavy atom. The molecule has 1 aromatic rings. The first-order valence-electron chi connectivity index (χ1n) is 5.89. The monoisotopic (exact) mass is 293 g/mol. The van der Waals surface area contributed by atoms with Crippen LogP contribution in [-0.4, -0.2) is 11.9 Å². The Bertz CT molecular complexity index is 454. The molecule has 0 saturated carbocycles. The summed E-state index contributed by atoms with van der Waals surface area (Å²) in [4.78, 5) is 12.1. The van der Waals surface area contributed by atoms with E-state index < -0.39 is 0 Å². The van der Waals surface area contributed by atoms with Gasteiger partial charge >= 0.3 is 0 Å². The number of benzene rings is 1. The van der Waals surface area contributed by atoms with Crippen LogP contribution in [0.15, 0.2) is 34.8 Å². The van der Waals surface area contributed by atoms with Crippen molar-refractivity contribution in [2.24, 2.45) is 0 Å². The average Bonchev–Trinajstić information content (AvgIpc) is 2.34. The zero-order chi connectivity index (χ0) is 12.3. The van der Waals surface area contributed by atoms with Crippen molar-refractivity contribution in [3.63, 3.8) is 0 Å². The van der Waals surface area contributed by atoms with Crippen molar-refractivity contribution in [2.45, 2.75) is 32.2 Å². The number of amides is 1. The topological polar surface area (TPSA) is 29.1 Å². The number of rotatable bonds is 2. The van der Waals surface area contributed by atoms with Crippen molar-refractivity contribution >= 4 is 21.8 Å². The quantitative estimate of drug-likeness (QED) is 0.830. The van der Waals surface area contributed by atoms with Gasteiger partial charge in [0.1, 0.15) is 0 Å². The third kappa shape index (κ3) is 2.97. The van der Waals surface area contributed by atoms with Gasteiger partial charge < -0.3 is 5.32 Å². The molecule has 0 fully saturated rings. The largest absolute Gasteiger partial charge is 0.349 e. The molecule has 2 nitrogen and oxygen atoms in total. The molecule has 1 unspecified atom stereocenters. The van der Waals surface area contributed by atoms with Gasteiger partial charge in [-0.05, 0) is 43.9 Å². The van der Waals surface area contributed by atoms with Crippen LogP contribution in [0.25, 0.3) is 0 Å². The first kappa shape index (κ1) is 12.4. The summed E-state index contributed by atoms with van der Waals surface area (Å²) in [6.07, 6.45) is 7.35. The van der Waals surface area contributed by atoms with E-state index in [0.717, 1.165) is 34.9 Å². The summed E-state index contributed by atoms with van der Waals surface area (Å²) < 4.78 is 0.980. The minimum atomic E-state index is 0.0316. The second kappa shape index (κ2) is 5.50. The molecule has 0 saturated heterocycles. The number of hydrogen-bond donors (Lipinski definition) is 1. The summed E-state index contributed by atoms with van der Waals surface area (Å²) in [6.45, 7) is 1.96. The highest BCUT2D eigenvalue weighted by Gasteiger charge is 2.16. The maximum absolute atomic E-state index is 12.1. The molecule has 1 atom stereocenters. The Kier molecular flexibility index (Phi) is 4.00. The van der Waals surface area contributed by atoms with Crippen LogP contribution in [0.3, 0.4) is 0 Å². The number of carbonyl (C=O) groups is 1. The summed E-state index contributed by atoms with van der Waals surface area (Å²) in [7, 11) is 0. The Balaban J connectivity index is 2.09. The first-order chi connectivity index (χ1) is 8.18. The van der Waals surface area contributed by atoms with Crippen LogP contribution in [0.1, 0.15) is 35.2 Å². The Morgan fingerprint density at radius 2 is 2.24 bits per heavy atom. The fraction of sp³-hybridized carbons (Fsp3) is 0.357. The Labute approximate surface area is 110 Å². The second-order valence-corrected chi connectivity index (χ2v) is 5.22. The van der Waals surface area contributed by atoms with Crippen LogP contribution in [0, 0.1) is 6.92 Å². The van der Waals surface area contributed by atoms with Gasteiger partial charge in [-0.15, -0.1) is 0 Å². The predicted octanol–water partition coefficient (Wildman–Crippen LogP) is 3.60. The molecule has 1 aliphatic rings. The highest BCUT2D eigenvalue weighted by atomic mass is 79.9. The van der Waals surface area contributed by atoms with Crippen LogP contribution < -0.4 is 5.32 Å². The molecule has 0 heterocycles. The van der Waals surface area contributed by atoms with E-state index in [1.807, 2.05) is 25.1 Å². The summed E-state index contributed by atoms with van der Waals surface area (Å²) in [5.74, 6) is 0.0316. The summed E-state index contributed by atoms with van der Waals surface area (Å²) >= 11 is 3.45. The van der Waals surface area contributed by atoms with E-state index in [9.17, 15) is 4.79 Å². The minimum Gasteiger partial charge on any atom is -0.349 e. The van der Waals surface area contributed by atoms with Gasteiger partial charge in [-0.3, -0.25) is 4.79 Å². The number of nitrogens with one attached hydrogen (secondary N) is 1. The highest BCUT2D eigenvalue weighted by molar-refractivity contribution is 9.10. The van der Waals surface area contributed by atoms with Crippen molar-refractivity contribution in [1.82, 2.24) is 5.32 Å². The number of halogens is 1. The van der Waals surface area contributed by atoms with Crippen LogP contribution in [0.5, 0.6) is 0 Å². The van der Waals surface area contributed by atoms with Crippen molar-refractivity contribution in [2.75, 3.05) is 0 Å². The van der Waals surface area contributed by atoms with Crippen LogP contribution in [-0.2, 0) is 0 Å². The molecule has 0 bridgehead atoms. The highest BCUT2D eigenvalue weighted by Crippen LogP contribution is 2.20. The molecule has 17 heavy (non-hydrogen) atoms. The van der Waals surface area contributed by atoms with Crippen molar-refractivity contribution in [3.05, 3.63) is 46.0 Å². The van der Waals surface area contributed by atoms with E-state index in [4.69, 9.17) is 0 Å². The van der Waals surface area contributed by atoms with E-state index in [-0.39, 0.29) is 11.9 Å². The van der Waals surface area contributed by atoms with Gasteiger partial charge in [0.25, 0.3) is 5.91 Å². The zero-order valence-electron chi connectivity index (χ0n) is 9.87. The predicted molar refractivity (Wildman–Crippen MR) is 73.1 cm³/mol. The van der Waals surface area contributed by atoms with Crippen LogP contribution in [0.2, 0.25) is 0 Å². The number of carbonyl (C=O) groups excluding carboxylic acids is 1. The molecule has 1 N–H and O–H groups in total. The molecular formula is C14H16BrNO. The molecule has 0 radical (unpaired) electrons. The third-order valence-corrected chi connectivity index (χ3v) is 3.98. The van der Waals surface area contributed by atoms with Gasteiger partial charge in [0, 0.05) is 16.1 Å². The summed E-state index contributed by atoms with van der Waals surface area (Å²) in [5, 5.41) is 3.09. The molecule has 3 heteroatoms. The molecule has 1 amide bonds. The summed E-state index contributed by atoms with van der Waals surface area (Å²) in [6, 6.07) is 6.00. The normalized spacial score (nSPS) is 19.1. The molecule has 2 rings (SSSR count). The van der Waals surface area contributed by atoms with Crippen molar-refractivity contribution in [3.8, 4) is 0 Å². The van der Waals surface area contributed by atoms with Gasteiger partial charge in [-0.2, -0.15) is 0 Å². The van der Waals surface area contributed by atoms with Gasteiger partial charge in [0.05, 0.1) is 0 Å². The average molecular weight is 294 g/mol. The Hall–Kier alpha value is -1.09. The molecule has 0 spiro atoms. The lowest BCUT2D eigenvalue weighted by molar-refractivity contribution is 0.0934. The standard InChI is InChI=1S/C14H16BrNO/c1-10-12(8-5-9-13(10)15)14(17)16-11-6-3-2-4-7-11/h2-3,5,8-9,11H,4,6-7H2,1H3,(H,16,17). The van der Waals surface area contributed by atoms with Crippen LogP contribution >= 0.6 is 15.9 Å². The maximum Gasteiger partial charge on any atom is 0.251 e. The lowest BCUT2D eigenvalue weighted by atomic mass is 10.0. The molecule has 1 aromatic carbocycles. The molecule has 0 aromatic heterocycles.